The average molecular weight is 507 g/mol. The van der Waals surface area contributed by atoms with Gasteiger partial charge >= 0.3 is 0 Å². The molecule has 0 spiro atoms. The molecule has 1 amide bonds. The van der Waals surface area contributed by atoms with Crippen molar-refractivity contribution in [3.05, 3.63) is 71.2 Å². The van der Waals surface area contributed by atoms with Crippen LogP contribution in [0.25, 0.3) is 5.65 Å². The summed E-state index contributed by atoms with van der Waals surface area (Å²) in [5.74, 6) is 0.0924. The number of aromatic nitrogens is 6. The van der Waals surface area contributed by atoms with Crippen molar-refractivity contribution in [1.29, 1.82) is 0 Å². The molecule has 36 heavy (non-hydrogen) atoms. The van der Waals surface area contributed by atoms with E-state index in [4.69, 9.17) is 0 Å². The first-order valence-electron chi connectivity index (χ1n) is 11.9. The molecule has 6 heterocycles. The summed E-state index contributed by atoms with van der Waals surface area (Å²) in [7, 11) is -2.07. The monoisotopic (exact) mass is 506 g/mol. The van der Waals surface area contributed by atoms with Crippen LogP contribution < -0.4 is 0 Å². The fraction of sp³-hybridized carbons (Fsp3) is 0.375. The summed E-state index contributed by atoms with van der Waals surface area (Å²) in [5, 5.41) is 8.47. The molecule has 0 bridgehead atoms. The van der Waals surface area contributed by atoms with Gasteiger partial charge in [0, 0.05) is 32.5 Å². The Morgan fingerprint density at radius 3 is 2.72 bits per heavy atom. The third-order valence-corrected chi connectivity index (χ3v) is 9.23. The smallest absolute Gasteiger partial charge is 0.256 e. The molecule has 0 aliphatic carbocycles. The molecule has 0 saturated carbocycles. The van der Waals surface area contributed by atoms with Crippen LogP contribution in [0.3, 0.4) is 0 Å². The summed E-state index contributed by atoms with van der Waals surface area (Å²) >= 11 is 0. The summed E-state index contributed by atoms with van der Waals surface area (Å²) < 4.78 is 32.2. The lowest BCUT2D eigenvalue weighted by molar-refractivity contribution is 0.0761. The Morgan fingerprint density at radius 1 is 1.14 bits per heavy atom. The zero-order chi connectivity index (χ0) is 25.0. The molecular formula is C24H26N8O3S. The van der Waals surface area contributed by atoms with E-state index in [1.807, 2.05) is 12.3 Å². The number of rotatable bonds is 5. The minimum atomic E-state index is -3.77. The van der Waals surface area contributed by atoms with E-state index in [2.05, 4.69) is 27.1 Å². The standard InChI is InChI=1S/C24H26N8O3S/c1-16-10-23-26-15-28-32(23)12-19(16)17-5-8-31(9-6-17)36(34,35)22-11-27-29(2)21(22)14-30-13-20-18(24(30)33)4-3-7-25-20/h3-4,7,10-12,15,17H,5-6,8-9,13-14H2,1-2H3. The molecule has 12 heteroatoms. The van der Waals surface area contributed by atoms with Crippen LogP contribution >= 0.6 is 0 Å². The molecule has 0 unspecified atom stereocenters. The minimum Gasteiger partial charge on any atom is -0.327 e. The number of amides is 1. The van der Waals surface area contributed by atoms with Crippen LogP contribution in [0.4, 0.5) is 0 Å². The molecule has 4 aromatic heterocycles. The normalized spacial score (nSPS) is 17.3. The summed E-state index contributed by atoms with van der Waals surface area (Å²) in [4.78, 5) is 23.1. The van der Waals surface area contributed by atoms with E-state index in [9.17, 15) is 13.2 Å². The zero-order valence-electron chi connectivity index (χ0n) is 20.1. The highest BCUT2D eigenvalue weighted by Crippen LogP contribution is 2.34. The van der Waals surface area contributed by atoms with E-state index in [-0.39, 0.29) is 23.3 Å². The zero-order valence-corrected chi connectivity index (χ0v) is 20.9. The van der Waals surface area contributed by atoms with Gasteiger partial charge in [-0.1, -0.05) is 0 Å². The number of hydrogen-bond donors (Lipinski definition) is 0. The van der Waals surface area contributed by atoms with Crippen LogP contribution in [0.15, 0.2) is 48.0 Å². The van der Waals surface area contributed by atoms with Gasteiger partial charge in [-0.25, -0.2) is 17.9 Å². The Kier molecular flexibility index (Phi) is 5.38. The van der Waals surface area contributed by atoms with Gasteiger partial charge in [-0.15, -0.1) is 0 Å². The lowest BCUT2D eigenvalue weighted by Crippen LogP contribution is -2.38. The number of fused-ring (bicyclic) bond motifs is 2. The molecule has 0 N–H and O–H groups in total. The Bertz CT molecular complexity index is 1580. The van der Waals surface area contributed by atoms with Crippen molar-refractivity contribution in [3.63, 3.8) is 0 Å². The highest BCUT2D eigenvalue weighted by atomic mass is 32.2. The second-order valence-electron chi connectivity index (χ2n) is 9.39. The first-order valence-corrected chi connectivity index (χ1v) is 13.3. The van der Waals surface area contributed by atoms with E-state index < -0.39 is 10.0 Å². The van der Waals surface area contributed by atoms with E-state index in [0.29, 0.717) is 49.4 Å². The van der Waals surface area contributed by atoms with Gasteiger partial charge in [0.1, 0.15) is 11.2 Å². The van der Waals surface area contributed by atoms with Crippen molar-refractivity contribution < 1.29 is 13.2 Å². The highest BCUT2D eigenvalue weighted by Gasteiger charge is 2.36. The fourth-order valence-electron chi connectivity index (χ4n) is 5.27. The van der Waals surface area contributed by atoms with Gasteiger partial charge in [-0.2, -0.15) is 14.5 Å². The molecule has 2 aliphatic rings. The van der Waals surface area contributed by atoms with Crippen LogP contribution in [-0.2, 0) is 30.2 Å². The van der Waals surface area contributed by atoms with Crippen molar-refractivity contribution in [1.82, 2.24) is 38.6 Å². The van der Waals surface area contributed by atoms with Gasteiger partial charge in [0.25, 0.3) is 5.91 Å². The number of hydrogen-bond acceptors (Lipinski definition) is 7. The third kappa shape index (κ3) is 3.68. The number of pyridine rings is 2. The van der Waals surface area contributed by atoms with Gasteiger partial charge in [0.05, 0.1) is 36.2 Å². The second kappa shape index (κ2) is 8.49. The van der Waals surface area contributed by atoms with E-state index in [1.165, 1.54) is 22.4 Å². The maximum absolute atomic E-state index is 13.7. The van der Waals surface area contributed by atoms with Gasteiger partial charge < -0.3 is 4.90 Å². The Balaban J connectivity index is 1.20. The lowest BCUT2D eigenvalue weighted by Gasteiger charge is -2.32. The van der Waals surface area contributed by atoms with Gasteiger partial charge in [-0.05, 0) is 55.0 Å². The molecule has 4 aromatic rings. The van der Waals surface area contributed by atoms with E-state index >= 15 is 0 Å². The molecule has 1 fully saturated rings. The third-order valence-electron chi connectivity index (χ3n) is 7.29. The summed E-state index contributed by atoms with van der Waals surface area (Å²) in [6.07, 6.45) is 8.01. The molecule has 2 aliphatic heterocycles. The van der Waals surface area contributed by atoms with E-state index in [0.717, 1.165) is 11.2 Å². The number of nitrogens with zero attached hydrogens (tertiary/aromatic N) is 8. The Labute approximate surface area is 208 Å². The second-order valence-corrected chi connectivity index (χ2v) is 11.3. The summed E-state index contributed by atoms with van der Waals surface area (Å²) in [6, 6.07) is 5.49. The van der Waals surface area contributed by atoms with Crippen molar-refractivity contribution in [2.75, 3.05) is 13.1 Å². The first-order chi connectivity index (χ1) is 17.3. The van der Waals surface area contributed by atoms with E-state index in [1.54, 1.807) is 39.5 Å². The molecule has 0 radical (unpaired) electrons. The lowest BCUT2D eigenvalue weighted by atomic mass is 9.89. The highest BCUT2D eigenvalue weighted by molar-refractivity contribution is 7.89. The number of carbonyl (C=O) groups excluding carboxylic acids is 1. The van der Waals surface area contributed by atoms with Gasteiger partial charge in [0.15, 0.2) is 5.65 Å². The molecule has 6 rings (SSSR count). The molecular weight excluding hydrogens is 480 g/mol. The quantitative estimate of drug-likeness (QED) is 0.406. The fourth-order valence-corrected chi connectivity index (χ4v) is 6.92. The van der Waals surface area contributed by atoms with Crippen molar-refractivity contribution in [3.8, 4) is 0 Å². The van der Waals surface area contributed by atoms with Crippen LogP contribution in [0, 0.1) is 6.92 Å². The number of piperidine rings is 1. The molecule has 0 aromatic carbocycles. The number of carbonyl (C=O) groups is 1. The van der Waals surface area contributed by atoms with Gasteiger partial charge in [0.2, 0.25) is 10.0 Å². The SMILES string of the molecule is Cc1cc2ncnn2cc1C1CCN(S(=O)(=O)c2cnn(C)c2CN2Cc3ncccc3C2=O)CC1. The topological polar surface area (TPSA) is 119 Å². The summed E-state index contributed by atoms with van der Waals surface area (Å²) in [5.41, 5.74) is 4.87. The minimum absolute atomic E-state index is 0.147. The number of sulfonamides is 1. The van der Waals surface area contributed by atoms with Crippen molar-refractivity contribution in [2.45, 2.75) is 43.7 Å². The number of aryl methyl sites for hydroxylation is 2. The molecule has 0 atom stereocenters. The van der Waals surface area contributed by atoms with Crippen LogP contribution in [0.2, 0.25) is 0 Å². The Hall–Kier alpha value is -3.64. The largest absolute Gasteiger partial charge is 0.327 e. The molecule has 11 nitrogen and oxygen atoms in total. The maximum atomic E-state index is 13.7. The van der Waals surface area contributed by atoms with Crippen molar-refractivity contribution >= 4 is 21.6 Å². The Morgan fingerprint density at radius 2 is 1.94 bits per heavy atom. The predicted octanol–water partition coefficient (Wildman–Crippen LogP) is 1.89. The average Bonchev–Trinajstić information content (AvgIpc) is 3.57. The van der Waals surface area contributed by atoms with Crippen molar-refractivity contribution in [2.24, 2.45) is 7.05 Å². The van der Waals surface area contributed by atoms with Crippen LogP contribution in [0.5, 0.6) is 0 Å². The first kappa shape index (κ1) is 22.8. The van der Waals surface area contributed by atoms with Crippen LogP contribution in [-0.4, -0.2) is 66.0 Å². The summed E-state index contributed by atoms with van der Waals surface area (Å²) in [6.45, 7) is 3.37. The van der Waals surface area contributed by atoms with Gasteiger partial charge in [-0.3, -0.25) is 14.5 Å². The molecule has 1 saturated heterocycles. The predicted molar refractivity (Wildman–Crippen MR) is 129 cm³/mol. The van der Waals surface area contributed by atoms with Crippen LogP contribution in [0.1, 0.15) is 51.6 Å². The maximum Gasteiger partial charge on any atom is 0.256 e. The molecule has 186 valence electrons.